The number of ether oxygens (including phenoxy) is 1. The van der Waals surface area contributed by atoms with Gasteiger partial charge in [-0.2, -0.15) is 0 Å². The number of carbonyl (C=O) groups excluding carboxylic acids is 1. The fraction of sp³-hybridized carbons (Fsp3) is 0.400. The molecule has 0 radical (unpaired) electrons. The first-order valence-corrected chi connectivity index (χ1v) is 6.01. The molecule has 0 fully saturated rings. The summed E-state index contributed by atoms with van der Waals surface area (Å²) in [6.45, 7) is 10.1. The van der Waals surface area contributed by atoms with Crippen LogP contribution in [0.3, 0.4) is 0 Å². The van der Waals surface area contributed by atoms with Crippen LogP contribution in [0.5, 0.6) is 5.75 Å². The standard InChI is InChI=1S/C15H20O2/c1-5-11(3)10-17-14-7-8-15(12(4)16)13(6-2)9-14/h7-9H,3,5-6,10H2,1-2,4H3. The van der Waals surface area contributed by atoms with Crippen molar-refractivity contribution in [1.29, 1.82) is 0 Å². The van der Waals surface area contributed by atoms with E-state index >= 15 is 0 Å². The van der Waals surface area contributed by atoms with Crippen molar-refractivity contribution >= 4 is 5.78 Å². The van der Waals surface area contributed by atoms with Gasteiger partial charge in [0.15, 0.2) is 5.78 Å². The summed E-state index contributed by atoms with van der Waals surface area (Å²) in [5, 5.41) is 0. The molecule has 17 heavy (non-hydrogen) atoms. The van der Waals surface area contributed by atoms with E-state index in [4.69, 9.17) is 4.74 Å². The maximum atomic E-state index is 11.4. The number of Topliss-reactive ketones (excluding diaryl/α,β-unsaturated/α-hetero) is 1. The van der Waals surface area contributed by atoms with Gasteiger partial charge in [0.1, 0.15) is 12.4 Å². The summed E-state index contributed by atoms with van der Waals surface area (Å²) in [4.78, 5) is 11.4. The second kappa shape index (κ2) is 6.24. The zero-order valence-corrected chi connectivity index (χ0v) is 10.9. The van der Waals surface area contributed by atoms with Crippen molar-refractivity contribution in [3.05, 3.63) is 41.5 Å². The van der Waals surface area contributed by atoms with Crippen LogP contribution in [-0.4, -0.2) is 12.4 Å². The average Bonchev–Trinajstić information content (AvgIpc) is 2.35. The van der Waals surface area contributed by atoms with Gasteiger partial charge in [0.25, 0.3) is 0 Å². The van der Waals surface area contributed by atoms with Crippen LogP contribution in [0.25, 0.3) is 0 Å². The van der Waals surface area contributed by atoms with Crippen molar-refractivity contribution in [3.63, 3.8) is 0 Å². The molecule has 0 heterocycles. The number of hydrogen-bond acceptors (Lipinski definition) is 2. The maximum absolute atomic E-state index is 11.4. The summed E-state index contributed by atoms with van der Waals surface area (Å²) < 4.78 is 5.63. The highest BCUT2D eigenvalue weighted by Gasteiger charge is 2.07. The Hall–Kier alpha value is -1.57. The minimum absolute atomic E-state index is 0.103. The van der Waals surface area contributed by atoms with Crippen molar-refractivity contribution in [3.8, 4) is 5.75 Å². The average molecular weight is 232 g/mol. The normalized spacial score (nSPS) is 10.1. The monoisotopic (exact) mass is 232 g/mol. The van der Waals surface area contributed by atoms with E-state index in [9.17, 15) is 4.79 Å². The Bertz CT molecular complexity index is 419. The van der Waals surface area contributed by atoms with Crippen LogP contribution in [0, 0.1) is 0 Å². The maximum Gasteiger partial charge on any atom is 0.160 e. The molecule has 1 rings (SSSR count). The second-order valence-corrected chi connectivity index (χ2v) is 4.12. The predicted octanol–water partition coefficient (Wildman–Crippen LogP) is 3.80. The summed E-state index contributed by atoms with van der Waals surface area (Å²) in [7, 11) is 0. The minimum atomic E-state index is 0.103. The van der Waals surface area contributed by atoms with E-state index in [2.05, 4.69) is 13.5 Å². The van der Waals surface area contributed by atoms with Crippen molar-refractivity contribution in [1.82, 2.24) is 0 Å². The molecule has 1 aromatic carbocycles. The lowest BCUT2D eigenvalue weighted by molar-refractivity contribution is 0.101. The van der Waals surface area contributed by atoms with Crippen molar-refractivity contribution in [2.75, 3.05) is 6.61 Å². The summed E-state index contributed by atoms with van der Waals surface area (Å²) in [5.41, 5.74) is 2.89. The Morgan fingerprint density at radius 1 is 1.35 bits per heavy atom. The molecule has 0 aromatic heterocycles. The van der Waals surface area contributed by atoms with Crippen LogP contribution >= 0.6 is 0 Å². The molecule has 0 N–H and O–H groups in total. The molecule has 2 heteroatoms. The molecule has 0 saturated heterocycles. The Kier molecular flexibility index (Phi) is 4.95. The fourth-order valence-corrected chi connectivity index (χ4v) is 1.58. The summed E-state index contributed by atoms with van der Waals surface area (Å²) >= 11 is 0. The first kappa shape index (κ1) is 13.5. The SMILES string of the molecule is C=C(CC)COc1ccc(C(C)=O)c(CC)c1. The van der Waals surface area contributed by atoms with Gasteiger partial charge in [0, 0.05) is 5.56 Å². The number of benzene rings is 1. The Morgan fingerprint density at radius 3 is 2.59 bits per heavy atom. The third-order valence-electron chi connectivity index (χ3n) is 2.78. The predicted molar refractivity (Wildman–Crippen MR) is 70.8 cm³/mol. The van der Waals surface area contributed by atoms with Crippen LogP contribution in [0.15, 0.2) is 30.4 Å². The van der Waals surface area contributed by atoms with E-state index in [1.165, 1.54) is 0 Å². The molecule has 2 nitrogen and oxygen atoms in total. The molecule has 0 aliphatic rings. The number of carbonyl (C=O) groups is 1. The molecule has 0 saturated carbocycles. The lowest BCUT2D eigenvalue weighted by Crippen LogP contribution is -2.03. The van der Waals surface area contributed by atoms with E-state index in [1.54, 1.807) is 6.92 Å². The van der Waals surface area contributed by atoms with Gasteiger partial charge in [-0.25, -0.2) is 0 Å². The van der Waals surface area contributed by atoms with E-state index < -0.39 is 0 Å². The molecule has 0 atom stereocenters. The highest BCUT2D eigenvalue weighted by molar-refractivity contribution is 5.95. The van der Waals surface area contributed by atoms with Gasteiger partial charge in [-0.1, -0.05) is 20.4 Å². The van der Waals surface area contributed by atoms with E-state index in [0.717, 1.165) is 35.3 Å². The van der Waals surface area contributed by atoms with Crippen LogP contribution in [0.4, 0.5) is 0 Å². The van der Waals surface area contributed by atoms with Gasteiger partial charge < -0.3 is 4.74 Å². The van der Waals surface area contributed by atoms with Gasteiger partial charge in [-0.15, -0.1) is 0 Å². The van der Waals surface area contributed by atoms with Crippen LogP contribution in [0.1, 0.15) is 43.1 Å². The molecular formula is C15H20O2. The molecule has 0 spiro atoms. The molecule has 0 aliphatic carbocycles. The van der Waals surface area contributed by atoms with Crippen molar-refractivity contribution in [2.45, 2.75) is 33.6 Å². The quantitative estimate of drug-likeness (QED) is 0.551. The summed E-state index contributed by atoms with van der Waals surface area (Å²) in [6.07, 6.45) is 1.76. The molecule has 0 unspecified atom stereocenters. The van der Waals surface area contributed by atoms with Crippen LogP contribution in [0.2, 0.25) is 0 Å². The highest BCUT2D eigenvalue weighted by Crippen LogP contribution is 2.19. The van der Waals surface area contributed by atoms with Crippen molar-refractivity contribution < 1.29 is 9.53 Å². The number of rotatable bonds is 6. The first-order chi connectivity index (χ1) is 8.08. The highest BCUT2D eigenvalue weighted by atomic mass is 16.5. The fourth-order valence-electron chi connectivity index (χ4n) is 1.58. The third-order valence-corrected chi connectivity index (χ3v) is 2.78. The van der Waals surface area contributed by atoms with E-state index in [1.807, 2.05) is 25.1 Å². The second-order valence-electron chi connectivity index (χ2n) is 4.12. The molecule has 92 valence electrons. The van der Waals surface area contributed by atoms with E-state index in [-0.39, 0.29) is 5.78 Å². The molecule has 0 aliphatic heterocycles. The smallest absolute Gasteiger partial charge is 0.160 e. The Morgan fingerprint density at radius 2 is 2.06 bits per heavy atom. The number of ketones is 1. The summed E-state index contributed by atoms with van der Waals surface area (Å²) in [5.74, 6) is 0.910. The Balaban J connectivity index is 2.82. The zero-order chi connectivity index (χ0) is 12.8. The number of aryl methyl sites for hydroxylation is 1. The lowest BCUT2D eigenvalue weighted by atomic mass is 10.0. The number of hydrogen-bond donors (Lipinski definition) is 0. The topological polar surface area (TPSA) is 26.3 Å². The van der Waals surface area contributed by atoms with Crippen LogP contribution < -0.4 is 4.74 Å². The third kappa shape index (κ3) is 3.74. The van der Waals surface area contributed by atoms with Gasteiger partial charge >= 0.3 is 0 Å². The van der Waals surface area contributed by atoms with Crippen LogP contribution in [-0.2, 0) is 6.42 Å². The molecule has 0 amide bonds. The van der Waals surface area contributed by atoms with Crippen molar-refractivity contribution in [2.24, 2.45) is 0 Å². The summed E-state index contributed by atoms with van der Waals surface area (Å²) in [6, 6.07) is 5.63. The first-order valence-electron chi connectivity index (χ1n) is 6.01. The van der Waals surface area contributed by atoms with E-state index in [0.29, 0.717) is 6.61 Å². The largest absolute Gasteiger partial charge is 0.489 e. The molecule has 1 aromatic rings. The molecule has 0 bridgehead atoms. The van der Waals surface area contributed by atoms with Gasteiger partial charge in [0.2, 0.25) is 0 Å². The van der Waals surface area contributed by atoms with Gasteiger partial charge in [-0.3, -0.25) is 4.79 Å². The molecular weight excluding hydrogens is 212 g/mol. The van der Waals surface area contributed by atoms with Gasteiger partial charge in [0.05, 0.1) is 0 Å². The Labute approximate surface area is 103 Å². The zero-order valence-electron chi connectivity index (χ0n) is 10.9. The van der Waals surface area contributed by atoms with Gasteiger partial charge in [-0.05, 0) is 49.1 Å². The lowest BCUT2D eigenvalue weighted by Gasteiger charge is -2.10. The minimum Gasteiger partial charge on any atom is -0.489 e.